The summed E-state index contributed by atoms with van der Waals surface area (Å²) in [5.74, 6) is 1.61. The Bertz CT molecular complexity index is 571. The van der Waals surface area contributed by atoms with Crippen molar-refractivity contribution in [1.82, 2.24) is 0 Å². The SMILES string of the molecule is COc1cc(CNc2ccc(C)c(C)c2)cc(OC)c1. The van der Waals surface area contributed by atoms with Crippen LogP contribution < -0.4 is 14.8 Å². The fourth-order valence-corrected chi connectivity index (χ4v) is 2.02. The van der Waals surface area contributed by atoms with Gasteiger partial charge >= 0.3 is 0 Å². The summed E-state index contributed by atoms with van der Waals surface area (Å²) in [6.07, 6.45) is 0. The van der Waals surface area contributed by atoms with E-state index in [-0.39, 0.29) is 0 Å². The van der Waals surface area contributed by atoms with Crippen LogP contribution in [0.4, 0.5) is 5.69 Å². The Balaban J connectivity index is 2.11. The molecule has 0 spiro atoms. The van der Waals surface area contributed by atoms with Crippen molar-refractivity contribution in [3.8, 4) is 11.5 Å². The third kappa shape index (κ3) is 3.44. The molecule has 0 fully saturated rings. The second-order valence-electron chi connectivity index (χ2n) is 4.87. The van der Waals surface area contributed by atoms with E-state index in [1.165, 1.54) is 11.1 Å². The number of nitrogens with one attached hydrogen (secondary N) is 1. The third-order valence-corrected chi connectivity index (χ3v) is 3.41. The summed E-state index contributed by atoms with van der Waals surface area (Å²) in [6.45, 7) is 4.97. The van der Waals surface area contributed by atoms with Gasteiger partial charge < -0.3 is 14.8 Å². The van der Waals surface area contributed by atoms with Crippen LogP contribution in [-0.4, -0.2) is 14.2 Å². The molecule has 0 aliphatic heterocycles. The lowest BCUT2D eigenvalue weighted by Crippen LogP contribution is -2.01. The van der Waals surface area contributed by atoms with Crippen molar-refractivity contribution >= 4 is 5.69 Å². The summed E-state index contributed by atoms with van der Waals surface area (Å²) in [7, 11) is 3.32. The van der Waals surface area contributed by atoms with E-state index < -0.39 is 0 Å². The van der Waals surface area contributed by atoms with Gasteiger partial charge in [0, 0.05) is 18.3 Å². The lowest BCUT2D eigenvalue weighted by molar-refractivity contribution is 0.393. The van der Waals surface area contributed by atoms with Gasteiger partial charge in [-0.1, -0.05) is 6.07 Å². The molecular weight excluding hydrogens is 250 g/mol. The Morgan fingerprint density at radius 3 is 2.05 bits per heavy atom. The fraction of sp³-hybridized carbons (Fsp3) is 0.294. The molecule has 0 amide bonds. The lowest BCUT2D eigenvalue weighted by Gasteiger charge is -2.11. The van der Waals surface area contributed by atoms with Crippen LogP contribution in [0.25, 0.3) is 0 Å². The Kier molecular flexibility index (Phi) is 4.51. The van der Waals surface area contributed by atoms with Gasteiger partial charge in [-0.3, -0.25) is 0 Å². The normalized spacial score (nSPS) is 10.2. The molecule has 3 heteroatoms. The maximum Gasteiger partial charge on any atom is 0.122 e. The highest BCUT2D eigenvalue weighted by Crippen LogP contribution is 2.23. The summed E-state index contributed by atoms with van der Waals surface area (Å²) in [5, 5.41) is 3.42. The van der Waals surface area contributed by atoms with Crippen LogP contribution in [-0.2, 0) is 6.54 Å². The van der Waals surface area contributed by atoms with E-state index in [1.54, 1.807) is 14.2 Å². The van der Waals surface area contributed by atoms with Gasteiger partial charge in [-0.25, -0.2) is 0 Å². The summed E-state index contributed by atoms with van der Waals surface area (Å²) >= 11 is 0. The molecule has 2 rings (SSSR count). The molecule has 3 nitrogen and oxygen atoms in total. The fourth-order valence-electron chi connectivity index (χ4n) is 2.02. The predicted molar refractivity (Wildman–Crippen MR) is 82.8 cm³/mol. The van der Waals surface area contributed by atoms with Gasteiger partial charge in [0.25, 0.3) is 0 Å². The van der Waals surface area contributed by atoms with Gasteiger partial charge in [0.05, 0.1) is 14.2 Å². The van der Waals surface area contributed by atoms with E-state index in [2.05, 4.69) is 37.4 Å². The second-order valence-corrected chi connectivity index (χ2v) is 4.87. The zero-order valence-electron chi connectivity index (χ0n) is 12.5. The number of anilines is 1. The van der Waals surface area contributed by atoms with Crippen LogP contribution >= 0.6 is 0 Å². The zero-order chi connectivity index (χ0) is 14.5. The molecule has 2 aromatic rings. The molecule has 0 aliphatic carbocycles. The first-order chi connectivity index (χ1) is 9.62. The number of rotatable bonds is 5. The molecule has 0 aliphatic rings. The molecule has 0 aromatic heterocycles. The van der Waals surface area contributed by atoms with E-state index in [4.69, 9.17) is 9.47 Å². The third-order valence-electron chi connectivity index (χ3n) is 3.41. The highest BCUT2D eigenvalue weighted by molar-refractivity contribution is 5.49. The number of methoxy groups -OCH3 is 2. The Morgan fingerprint density at radius 2 is 1.50 bits per heavy atom. The highest BCUT2D eigenvalue weighted by Gasteiger charge is 2.02. The first-order valence-corrected chi connectivity index (χ1v) is 6.65. The van der Waals surface area contributed by atoms with Crippen LogP contribution in [0.1, 0.15) is 16.7 Å². The Hall–Kier alpha value is -2.16. The van der Waals surface area contributed by atoms with Crippen molar-refractivity contribution in [3.05, 3.63) is 53.1 Å². The molecule has 0 radical (unpaired) electrons. The second kappa shape index (κ2) is 6.33. The highest BCUT2D eigenvalue weighted by atomic mass is 16.5. The summed E-state index contributed by atoms with van der Waals surface area (Å²) in [4.78, 5) is 0. The van der Waals surface area contributed by atoms with Crippen LogP contribution in [0.5, 0.6) is 11.5 Å². The predicted octanol–water partition coefficient (Wildman–Crippen LogP) is 3.93. The van der Waals surface area contributed by atoms with Crippen molar-refractivity contribution in [3.63, 3.8) is 0 Å². The van der Waals surface area contributed by atoms with Crippen LogP contribution in [0, 0.1) is 13.8 Å². The van der Waals surface area contributed by atoms with Crippen molar-refractivity contribution < 1.29 is 9.47 Å². The molecule has 0 bridgehead atoms. The van der Waals surface area contributed by atoms with Gasteiger partial charge in [0.2, 0.25) is 0 Å². The zero-order valence-corrected chi connectivity index (χ0v) is 12.5. The van der Waals surface area contributed by atoms with E-state index in [1.807, 2.05) is 18.2 Å². The van der Waals surface area contributed by atoms with Gasteiger partial charge in [-0.05, 0) is 54.8 Å². The quantitative estimate of drug-likeness (QED) is 0.893. The number of hydrogen-bond donors (Lipinski definition) is 1. The van der Waals surface area contributed by atoms with Gasteiger partial charge in [0.15, 0.2) is 0 Å². The number of ether oxygens (including phenoxy) is 2. The number of aryl methyl sites for hydroxylation is 2. The van der Waals surface area contributed by atoms with Crippen molar-refractivity contribution in [2.75, 3.05) is 19.5 Å². The minimum Gasteiger partial charge on any atom is -0.497 e. The van der Waals surface area contributed by atoms with Gasteiger partial charge in [0.1, 0.15) is 11.5 Å². The molecule has 106 valence electrons. The molecule has 0 unspecified atom stereocenters. The molecule has 20 heavy (non-hydrogen) atoms. The largest absolute Gasteiger partial charge is 0.497 e. The van der Waals surface area contributed by atoms with Crippen molar-refractivity contribution in [1.29, 1.82) is 0 Å². The monoisotopic (exact) mass is 271 g/mol. The molecule has 1 N–H and O–H groups in total. The van der Waals surface area contributed by atoms with E-state index in [0.717, 1.165) is 29.3 Å². The molecule has 0 saturated carbocycles. The smallest absolute Gasteiger partial charge is 0.122 e. The van der Waals surface area contributed by atoms with Crippen LogP contribution in [0.3, 0.4) is 0 Å². The van der Waals surface area contributed by atoms with Crippen molar-refractivity contribution in [2.24, 2.45) is 0 Å². The minimum absolute atomic E-state index is 0.732. The average molecular weight is 271 g/mol. The maximum atomic E-state index is 5.28. The molecule has 0 atom stereocenters. The first-order valence-electron chi connectivity index (χ1n) is 6.65. The van der Waals surface area contributed by atoms with E-state index in [0.29, 0.717) is 0 Å². The van der Waals surface area contributed by atoms with Crippen LogP contribution in [0.2, 0.25) is 0 Å². The first kappa shape index (κ1) is 14.3. The summed E-state index contributed by atoms with van der Waals surface area (Å²) in [6, 6.07) is 12.3. The molecular formula is C17H21NO2. The topological polar surface area (TPSA) is 30.5 Å². The number of benzene rings is 2. The average Bonchev–Trinajstić information content (AvgIpc) is 2.48. The summed E-state index contributed by atoms with van der Waals surface area (Å²) in [5.41, 5.74) is 4.84. The summed E-state index contributed by atoms with van der Waals surface area (Å²) < 4.78 is 10.6. The van der Waals surface area contributed by atoms with Gasteiger partial charge in [-0.15, -0.1) is 0 Å². The Labute approximate surface area is 120 Å². The minimum atomic E-state index is 0.732. The maximum absolute atomic E-state index is 5.28. The van der Waals surface area contributed by atoms with Crippen LogP contribution in [0.15, 0.2) is 36.4 Å². The van der Waals surface area contributed by atoms with E-state index in [9.17, 15) is 0 Å². The molecule has 2 aromatic carbocycles. The van der Waals surface area contributed by atoms with Crippen molar-refractivity contribution in [2.45, 2.75) is 20.4 Å². The lowest BCUT2D eigenvalue weighted by atomic mass is 10.1. The Morgan fingerprint density at radius 1 is 0.850 bits per heavy atom. The number of hydrogen-bond acceptors (Lipinski definition) is 3. The molecule has 0 saturated heterocycles. The standard InChI is InChI=1S/C17H21NO2/c1-12-5-6-15(7-13(12)2)18-11-14-8-16(19-3)10-17(9-14)20-4/h5-10,18H,11H2,1-4H3. The van der Waals surface area contributed by atoms with E-state index >= 15 is 0 Å². The molecule has 0 heterocycles. The van der Waals surface area contributed by atoms with Gasteiger partial charge in [-0.2, -0.15) is 0 Å².